The summed E-state index contributed by atoms with van der Waals surface area (Å²) < 4.78 is 0. The number of benzene rings is 1. The second-order valence-corrected chi connectivity index (χ2v) is 7.50. The van der Waals surface area contributed by atoms with Crippen LogP contribution in [0.25, 0.3) is 0 Å². The lowest BCUT2D eigenvalue weighted by atomic mass is 9.74. The molecule has 1 aromatic rings. The van der Waals surface area contributed by atoms with Crippen molar-refractivity contribution in [1.29, 1.82) is 0 Å². The van der Waals surface area contributed by atoms with Gasteiger partial charge in [-0.25, -0.2) is 0 Å². The second-order valence-electron chi connectivity index (χ2n) is 7.50. The predicted octanol–water partition coefficient (Wildman–Crippen LogP) is 5.59. The standard InChI is InChI=1S/C17H25N.C5H10O2/c1-4-10-16(11-5-1)17(12-6-2-7-13-17)18-14-8-3-9-15-18;1-2-3-4-5(6)7/h1,4-5,10-11H,2-3,6-9,12-15H2;2-4H2,1H3,(H,6,7). The molecule has 1 N–H and O–H groups in total. The smallest absolute Gasteiger partial charge is 0.303 e. The predicted molar refractivity (Wildman–Crippen MR) is 104 cm³/mol. The molecule has 1 aromatic carbocycles. The molecule has 1 saturated heterocycles. The summed E-state index contributed by atoms with van der Waals surface area (Å²) in [5.74, 6) is -0.693. The maximum absolute atomic E-state index is 9.76. The highest BCUT2D eigenvalue weighted by Crippen LogP contribution is 2.43. The van der Waals surface area contributed by atoms with Gasteiger partial charge in [-0.15, -0.1) is 0 Å². The van der Waals surface area contributed by atoms with E-state index in [2.05, 4.69) is 35.2 Å². The van der Waals surface area contributed by atoms with Crippen LogP contribution in [0, 0.1) is 0 Å². The first-order chi connectivity index (χ1) is 12.2. The fourth-order valence-corrected chi connectivity index (χ4v) is 4.32. The van der Waals surface area contributed by atoms with Crippen LogP contribution in [0.15, 0.2) is 30.3 Å². The van der Waals surface area contributed by atoms with Crippen molar-refractivity contribution in [3.8, 4) is 0 Å². The zero-order valence-electron chi connectivity index (χ0n) is 15.9. The molecule has 0 unspecified atom stereocenters. The third kappa shape index (κ3) is 5.85. The highest BCUT2D eigenvalue weighted by Gasteiger charge is 2.39. The highest BCUT2D eigenvalue weighted by atomic mass is 16.4. The lowest BCUT2D eigenvalue weighted by Crippen LogP contribution is -2.49. The molecule has 25 heavy (non-hydrogen) atoms. The van der Waals surface area contributed by atoms with Crippen LogP contribution in [0.1, 0.15) is 83.1 Å². The van der Waals surface area contributed by atoms with Crippen LogP contribution in [0.5, 0.6) is 0 Å². The Hall–Kier alpha value is -1.35. The van der Waals surface area contributed by atoms with Crippen LogP contribution in [0.3, 0.4) is 0 Å². The number of rotatable bonds is 5. The summed E-state index contributed by atoms with van der Waals surface area (Å²) >= 11 is 0. The second kappa shape index (κ2) is 10.6. The van der Waals surface area contributed by atoms with Gasteiger partial charge in [0.05, 0.1) is 0 Å². The summed E-state index contributed by atoms with van der Waals surface area (Å²) in [6.07, 6.45) is 13.3. The van der Waals surface area contributed by atoms with Gasteiger partial charge in [0.1, 0.15) is 0 Å². The lowest BCUT2D eigenvalue weighted by Gasteiger charge is -2.48. The molecule has 1 heterocycles. The molecule has 1 saturated carbocycles. The van der Waals surface area contributed by atoms with Gasteiger partial charge in [-0.1, -0.05) is 69.4 Å². The molecule has 0 spiro atoms. The molecular weight excluding hydrogens is 310 g/mol. The molecule has 3 heteroatoms. The zero-order valence-corrected chi connectivity index (χ0v) is 15.9. The van der Waals surface area contributed by atoms with E-state index >= 15 is 0 Å². The molecule has 0 aromatic heterocycles. The maximum atomic E-state index is 9.76. The Morgan fingerprint density at radius 3 is 2.12 bits per heavy atom. The Balaban J connectivity index is 0.000000277. The van der Waals surface area contributed by atoms with Crippen molar-refractivity contribution >= 4 is 5.97 Å². The molecule has 2 fully saturated rings. The van der Waals surface area contributed by atoms with Crippen LogP contribution in [0.4, 0.5) is 0 Å². The fraction of sp³-hybridized carbons (Fsp3) is 0.682. The Morgan fingerprint density at radius 1 is 1.00 bits per heavy atom. The zero-order chi connectivity index (χ0) is 18.0. The number of likely N-dealkylation sites (tertiary alicyclic amines) is 1. The summed E-state index contributed by atoms with van der Waals surface area (Å²) in [7, 11) is 0. The minimum absolute atomic E-state index is 0.316. The first-order valence-electron chi connectivity index (χ1n) is 10.2. The van der Waals surface area contributed by atoms with Gasteiger partial charge >= 0.3 is 5.97 Å². The van der Waals surface area contributed by atoms with E-state index in [0.717, 1.165) is 12.8 Å². The van der Waals surface area contributed by atoms with E-state index in [1.54, 1.807) is 5.56 Å². The van der Waals surface area contributed by atoms with Crippen molar-refractivity contribution in [3.05, 3.63) is 35.9 Å². The minimum Gasteiger partial charge on any atom is -0.481 e. The number of carbonyl (C=O) groups is 1. The number of hydrogen-bond donors (Lipinski definition) is 1. The van der Waals surface area contributed by atoms with Crippen molar-refractivity contribution in [1.82, 2.24) is 4.90 Å². The average Bonchev–Trinajstić information content (AvgIpc) is 2.69. The summed E-state index contributed by atoms with van der Waals surface area (Å²) in [4.78, 5) is 12.6. The molecule has 0 radical (unpaired) electrons. The van der Waals surface area contributed by atoms with Crippen LogP contribution in [-0.4, -0.2) is 29.1 Å². The minimum atomic E-state index is -0.693. The Morgan fingerprint density at radius 2 is 1.60 bits per heavy atom. The van der Waals surface area contributed by atoms with Crippen LogP contribution in [-0.2, 0) is 10.3 Å². The van der Waals surface area contributed by atoms with Crippen molar-refractivity contribution in [2.75, 3.05) is 13.1 Å². The Kier molecular flexibility index (Phi) is 8.47. The summed E-state index contributed by atoms with van der Waals surface area (Å²) in [5, 5.41) is 8.04. The number of nitrogens with zero attached hydrogens (tertiary/aromatic N) is 1. The van der Waals surface area contributed by atoms with E-state index in [1.165, 1.54) is 64.5 Å². The van der Waals surface area contributed by atoms with E-state index in [9.17, 15) is 4.79 Å². The summed E-state index contributed by atoms with van der Waals surface area (Å²) in [6, 6.07) is 11.3. The van der Waals surface area contributed by atoms with Gasteiger partial charge in [-0.2, -0.15) is 0 Å². The number of hydrogen-bond acceptors (Lipinski definition) is 2. The molecule has 3 nitrogen and oxygen atoms in total. The van der Waals surface area contributed by atoms with Crippen molar-refractivity contribution in [2.24, 2.45) is 0 Å². The number of carboxylic acid groups (broad SMARTS) is 1. The van der Waals surface area contributed by atoms with Crippen LogP contribution < -0.4 is 0 Å². The van der Waals surface area contributed by atoms with Crippen molar-refractivity contribution in [2.45, 2.75) is 83.1 Å². The average molecular weight is 346 g/mol. The van der Waals surface area contributed by atoms with Crippen molar-refractivity contribution < 1.29 is 9.90 Å². The largest absolute Gasteiger partial charge is 0.481 e. The monoisotopic (exact) mass is 345 g/mol. The molecule has 0 amide bonds. The van der Waals surface area contributed by atoms with Gasteiger partial charge in [0.25, 0.3) is 0 Å². The third-order valence-electron chi connectivity index (χ3n) is 5.70. The first-order valence-corrected chi connectivity index (χ1v) is 10.2. The topological polar surface area (TPSA) is 40.5 Å². The number of unbranched alkanes of at least 4 members (excludes halogenated alkanes) is 1. The molecule has 2 aliphatic rings. The molecule has 0 atom stereocenters. The third-order valence-corrected chi connectivity index (χ3v) is 5.70. The summed E-state index contributed by atoms with van der Waals surface area (Å²) in [6.45, 7) is 4.60. The van der Waals surface area contributed by atoms with Gasteiger partial charge in [-0.05, 0) is 50.8 Å². The Bertz CT molecular complexity index is 488. The van der Waals surface area contributed by atoms with E-state index in [4.69, 9.17) is 5.11 Å². The van der Waals surface area contributed by atoms with Gasteiger partial charge in [0, 0.05) is 12.0 Å². The van der Waals surface area contributed by atoms with Gasteiger partial charge in [0.15, 0.2) is 0 Å². The lowest BCUT2D eigenvalue weighted by molar-refractivity contribution is -0.137. The quantitative estimate of drug-likeness (QED) is 0.756. The highest BCUT2D eigenvalue weighted by molar-refractivity contribution is 5.66. The molecule has 1 aliphatic heterocycles. The molecule has 0 bridgehead atoms. The number of carboxylic acids is 1. The van der Waals surface area contributed by atoms with E-state index in [1.807, 2.05) is 6.92 Å². The van der Waals surface area contributed by atoms with Gasteiger partial charge < -0.3 is 5.11 Å². The van der Waals surface area contributed by atoms with Crippen LogP contribution in [0.2, 0.25) is 0 Å². The number of piperidine rings is 1. The Labute approximate surface area is 153 Å². The first kappa shape index (κ1) is 20.0. The fourth-order valence-electron chi connectivity index (χ4n) is 4.32. The van der Waals surface area contributed by atoms with Crippen molar-refractivity contribution in [3.63, 3.8) is 0 Å². The molecule has 3 rings (SSSR count). The number of aliphatic carboxylic acids is 1. The molecule has 140 valence electrons. The van der Waals surface area contributed by atoms with Crippen LogP contribution >= 0.6 is 0 Å². The van der Waals surface area contributed by atoms with E-state index in [-0.39, 0.29) is 0 Å². The van der Waals surface area contributed by atoms with E-state index < -0.39 is 5.97 Å². The summed E-state index contributed by atoms with van der Waals surface area (Å²) in [5.41, 5.74) is 1.95. The molecular formula is C22H35NO2. The normalized spacial score (nSPS) is 20.4. The van der Waals surface area contributed by atoms with Gasteiger partial charge in [0.2, 0.25) is 0 Å². The van der Waals surface area contributed by atoms with Gasteiger partial charge in [-0.3, -0.25) is 9.69 Å². The molecule has 1 aliphatic carbocycles. The van der Waals surface area contributed by atoms with E-state index in [0.29, 0.717) is 12.0 Å². The maximum Gasteiger partial charge on any atom is 0.303 e. The SMILES string of the molecule is CCCCC(=O)O.c1ccc(C2(N3CCCCC3)CCCCC2)cc1.